The summed E-state index contributed by atoms with van der Waals surface area (Å²) < 4.78 is 5.29. The molecule has 1 aromatic carbocycles. The molecule has 0 spiro atoms. The average molecular weight is 358 g/mol. The zero-order valence-electron chi connectivity index (χ0n) is 14.5. The Labute approximate surface area is 151 Å². The van der Waals surface area contributed by atoms with E-state index in [4.69, 9.17) is 4.74 Å². The number of imide groups is 1. The molecular formula is C18H22N4O4. The lowest BCUT2D eigenvalue weighted by Gasteiger charge is -2.39. The van der Waals surface area contributed by atoms with Crippen LogP contribution in [-0.4, -0.2) is 77.6 Å². The highest BCUT2D eigenvalue weighted by Gasteiger charge is 2.50. The van der Waals surface area contributed by atoms with Gasteiger partial charge in [0.15, 0.2) is 0 Å². The summed E-state index contributed by atoms with van der Waals surface area (Å²) in [7, 11) is 0. The van der Waals surface area contributed by atoms with Gasteiger partial charge in [-0.05, 0) is 12.0 Å². The summed E-state index contributed by atoms with van der Waals surface area (Å²) in [5.41, 5.74) is 0.874. The van der Waals surface area contributed by atoms with Gasteiger partial charge in [-0.25, -0.2) is 9.59 Å². The largest absolute Gasteiger partial charge is 0.378 e. The molecule has 1 N–H and O–H groups in total. The zero-order chi connectivity index (χ0) is 18.1. The van der Waals surface area contributed by atoms with Crippen LogP contribution in [0.4, 0.5) is 9.59 Å². The maximum Gasteiger partial charge on any atom is 0.324 e. The molecule has 8 nitrogen and oxygen atoms in total. The molecule has 0 unspecified atom stereocenters. The number of fused-ring (bicyclic) bond motifs is 1. The van der Waals surface area contributed by atoms with Crippen molar-refractivity contribution in [2.75, 3.05) is 32.8 Å². The number of ether oxygens (including phenoxy) is 1. The van der Waals surface area contributed by atoms with Gasteiger partial charge >= 0.3 is 12.1 Å². The number of likely N-dealkylation sites (tertiary alicyclic amines) is 1. The number of amides is 5. The van der Waals surface area contributed by atoms with Crippen LogP contribution in [0.1, 0.15) is 12.0 Å². The van der Waals surface area contributed by atoms with Gasteiger partial charge < -0.3 is 19.9 Å². The minimum atomic E-state index is -0.633. The van der Waals surface area contributed by atoms with Crippen molar-refractivity contribution >= 4 is 18.0 Å². The van der Waals surface area contributed by atoms with Crippen LogP contribution in [0.25, 0.3) is 0 Å². The molecule has 26 heavy (non-hydrogen) atoms. The fourth-order valence-electron chi connectivity index (χ4n) is 3.81. The Bertz CT molecular complexity index is 704. The van der Waals surface area contributed by atoms with E-state index in [0.717, 1.165) is 5.56 Å². The second kappa shape index (κ2) is 6.95. The van der Waals surface area contributed by atoms with Gasteiger partial charge in [0, 0.05) is 19.6 Å². The molecule has 0 radical (unpaired) electrons. The van der Waals surface area contributed by atoms with E-state index >= 15 is 0 Å². The van der Waals surface area contributed by atoms with E-state index in [2.05, 4.69) is 5.32 Å². The highest BCUT2D eigenvalue weighted by Crippen LogP contribution is 2.26. The number of carbonyl (C=O) groups excluding carboxylic acids is 3. The van der Waals surface area contributed by atoms with Crippen LogP contribution >= 0.6 is 0 Å². The molecule has 2 atom stereocenters. The molecule has 0 aliphatic carbocycles. The summed E-state index contributed by atoms with van der Waals surface area (Å²) in [5.74, 6) is -0.304. The van der Waals surface area contributed by atoms with Gasteiger partial charge in [-0.3, -0.25) is 9.69 Å². The third-order valence-electron chi connectivity index (χ3n) is 5.18. The second-order valence-electron chi connectivity index (χ2n) is 6.77. The van der Waals surface area contributed by atoms with E-state index in [-0.39, 0.29) is 30.6 Å². The number of hydrogen-bond donors (Lipinski definition) is 1. The summed E-state index contributed by atoms with van der Waals surface area (Å²) in [6.45, 7) is 2.75. The lowest BCUT2D eigenvalue weighted by Crippen LogP contribution is -2.65. The molecule has 138 valence electrons. The van der Waals surface area contributed by atoms with Crippen molar-refractivity contribution in [1.82, 2.24) is 20.0 Å². The molecule has 1 aromatic rings. The maximum atomic E-state index is 13.0. The minimum Gasteiger partial charge on any atom is -0.378 e. The monoisotopic (exact) mass is 358 g/mol. The Morgan fingerprint density at radius 2 is 1.85 bits per heavy atom. The molecule has 3 fully saturated rings. The van der Waals surface area contributed by atoms with Gasteiger partial charge in [0.25, 0.3) is 5.91 Å². The molecule has 0 aromatic heterocycles. The molecule has 5 amide bonds. The van der Waals surface area contributed by atoms with Crippen molar-refractivity contribution in [3.63, 3.8) is 0 Å². The fraction of sp³-hybridized carbons (Fsp3) is 0.500. The Kier molecular flexibility index (Phi) is 4.50. The van der Waals surface area contributed by atoms with Crippen molar-refractivity contribution in [2.45, 2.75) is 25.0 Å². The average Bonchev–Trinajstić information content (AvgIpc) is 3.10. The lowest BCUT2D eigenvalue weighted by atomic mass is 10.0. The van der Waals surface area contributed by atoms with Crippen LogP contribution in [0.15, 0.2) is 30.3 Å². The van der Waals surface area contributed by atoms with Crippen molar-refractivity contribution in [2.24, 2.45) is 0 Å². The van der Waals surface area contributed by atoms with Gasteiger partial charge in [-0.1, -0.05) is 30.3 Å². The predicted octanol–water partition coefficient (Wildman–Crippen LogP) is 0.634. The maximum absolute atomic E-state index is 13.0. The van der Waals surface area contributed by atoms with Gasteiger partial charge in [0.1, 0.15) is 6.04 Å². The van der Waals surface area contributed by atoms with Crippen molar-refractivity contribution in [3.05, 3.63) is 35.9 Å². The molecule has 3 saturated heterocycles. The number of urea groups is 2. The molecule has 4 rings (SSSR count). The Hall–Kier alpha value is -2.61. The first kappa shape index (κ1) is 16.8. The highest BCUT2D eigenvalue weighted by molar-refractivity contribution is 6.02. The Morgan fingerprint density at radius 1 is 1.12 bits per heavy atom. The van der Waals surface area contributed by atoms with Crippen molar-refractivity contribution < 1.29 is 19.1 Å². The number of nitrogens with zero attached hydrogens (tertiary/aromatic N) is 3. The molecule has 8 heteroatoms. The summed E-state index contributed by atoms with van der Waals surface area (Å²) in [6, 6.07) is 7.89. The van der Waals surface area contributed by atoms with Gasteiger partial charge in [-0.15, -0.1) is 0 Å². The smallest absolute Gasteiger partial charge is 0.324 e. The second-order valence-corrected chi connectivity index (χ2v) is 6.77. The molecule has 3 aliphatic rings. The fourth-order valence-corrected chi connectivity index (χ4v) is 3.81. The van der Waals surface area contributed by atoms with Crippen molar-refractivity contribution in [3.8, 4) is 0 Å². The Balaban J connectivity index is 1.52. The topological polar surface area (TPSA) is 82.2 Å². The van der Waals surface area contributed by atoms with Gasteiger partial charge in [0.2, 0.25) is 0 Å². The number of rotatable bonds is 2. The highest BCUT2D eigenvalue weighted by atomic mass is 16.5. The van der Waals surface area contributed by atoms with E-state index in [9.17, 15) is 14.4 Å². The molecular weight excluding hydrogens is 336 g/mol. The van der Waals surface area contributed by atoms with Gasteiger partial charge in [0.05, 0.1) is 25.8 Å². The summed E-state index contributed by atoms with van der Waals surface area (Å²) in [4.78, 5) is 42.8. The quantitative estimate of drug-likeness (QED) is 0.841. The van der Waals surface area contributed by atoms with Crippen LogP contribution < -0.4 is 5.32 Å². The number of benzene rings is 1. The summed E-state index contributed by atoms with van der Waals surface area (Å²) in [6.07, 6.45) is 0.595. The molecule has 0 bridgehead atoms. The molecule has 3 aliphatic heterocycles. The van der Waals surface area contributed by atoms with Crippen LogP contribution in [0.3, 0.4) is 0 Å². The zero-order valence-corrected chi connectivity index (χ0v) is 14.5. The van der Waals surface area contributed by atoms with Crippen molar-refractivity contribution in [1.29, 1.82) is 0 Å². The number of nitrogens with one attached hydrogen (secondary N) is 1. The first-order valence-electron chi connectivity index (χ1n) is 8.94. The van der Waals surface area contributed by atoms with E-state index in [1.165, 1.54) is 4.90 Å². The third-order valence-corrected chi connectivity index (χ3v) is 5.18. The third kappa shape index (κ3) is 3.01. The SMILES string of the molecule is O=C1N[C@@H]2CCN(C(=O)N3CCOCC3)[C@@H]2C(=O)N1Cc1ccccc1. The van der Waals surface area contributed by atoms with Crippen LogP contribution in [0.5, 0.6) is 0 Å². The van der Waals surface area contributed by atoms with Gasteiger partial charge in [-0.2, -0.15) is 0 Å². The van der Waals surface area contributed by atoms with E-state index in [1.54, 1.807) is 9.80 Å². The van der Waals surface area contributed by atoms with Crippen LogP contribution in [0, 0.1) is 0 Å². The Morgan fingerprint density at radius 3 is 2.58 bits per heavy atom. The molecule has 0 saturated carbocycles. The predicted molar refractivity (Wildman–Crippen MR) is 92.2 cm³/mol. The number of morpholine rings is 1. The number of carbonyl (C=O) groups is 3. The summed E-state index contributed by atoms with van der Waals surface area (Å²) >= 11 is 0. The van der Waals surface area contributed by atoms with E-state index in [1.807, 2.05) is 30.3 Å². The van der Waals surface area contributed by atoms with E-state index < -0.39 is 6.04 Å². The minimum absolute atomic E-state index is 0.148. The summed E-state index contributed by atoms with van der Waals surface area (Å²) in [5, 5.41) is 2.90. The normalized spacial score (nSPS) is 25.9. The van der Waals surface area contributed by atoms with Crippen LogP contribution in [-0.2, 0) is 16.1 Å². The van der Waals surface area contributed by atoms with E-state index in [0.29, 0.717) is 39.3 Å². The standard InChI is InChI=1S/C18H22N4O4/c23-16-15-14(6-7-21(15)18(25)20-8-10-26-11-9-20)19-17(24)22(16)12-13-4-2-1-3-5-13/h1-5,14-15H,6-12H2,(H,19,24)/t14-,15+/m1/s1. The lowest BCUT2D eigenvalue weighted by molar-refractivity contribution is -0.135. The first-order chi connectivity index (χ1) is 12.6. The first-order valence-corrected chi connectivity index (χ1v) is 8.94. The molecule has 3 heterocycles. The number of hydrogen-bond acceptors (Lipinski definition) is 4. The van der Waals surface area contributed by atoms with Crippen LogP contribution in [0.2, 0.25) is 0 Å².